The number of nitrogens with zero attached hydrogens (tertiary/aromatic N) is 3. The van der Waals surface area contributed by atoms with Crippen molar-refractivity contribution < 1.29 is 9.63 Å². The number of aromatic nitrogens is 3. The molecule has 26 heavy (non-hydrogen) atoms. The van der Waals surface area contributed by atoms with Crippen molar-refractivity contribution >= 4 is 28.5 Å². The Bertz CT molecular complexity index is 882. The highest BCUT2D eigenvalue weighted by Crippen LogP contribution is 2.16. The van der Waals surface area contributed by atoms with Crippen molar-refractivity contribution in [2.45, 2.75) is 38.8 Å². The first kappa shape index (κ1) is 18.2. The lowest BCUT2D eigenvalue weighted by atomic mass is 10.1. The second-order valence-electron chi connectivity index (χ2n) is 6.28. The van der Waals surface area contributed by atoms with Gasteiger partial charge in [-0.3, -0.25) is 4.79 Å². The minimum atomic E-state index is -0.710. The lowest BCUT2D eigenvalue weighted by Crippen LogP contribution is -2.43. The predicted octanol–water partition coefficient (Wildman–Crippen LogP) is 3.04. The largest absolute Gasteiger partial charge is 0.382 e. The number of benzene rings is 2. The van der Waals surface area contributed by atoms with Crippen LogP contribution in [0.4, 0.5) is 0 Å². The number of hydrogen-bond donors (Lipinski definition) is 1. The van der Waals surface area contributed by atoms with Crippen molar-refractivity contribution in [3.05, 3.63) is 59.1 Å². The minimum Gasteiger partial charge on any atom is -0.382 e. The number of aryl methyl sites for hydroxylation is 1. The van der Waals surface area contributed by atoms with E-state index >= 15 is 0 Å². The number of fused-ring (bicyclic) bond motifs is 1. The molecule has 0 aliphatic heterocycles. The molecule has 0 aliphatic rings. The van der Waals surface area contributed by atoms with Gasteiger partial charge in [-0.25, -0.2) is 0 Å². The predicted molar refractivity (Wildman–Crippen MR) is 101 cm³/mol. The molecule has 1 heterocycles. The highest BCUT2D eigenvalue weighted by atomic mass is 35.5. The molecule has 1 amide bonds. The fourth-order valence-electron chi connectivity index (χ4n) is 2.61. The van der Waals surface area contributed by atoms with Crippen LogP contribution in [0, 0.1) is 0 Å². The maximum atomic E-state index is 12.4. The van der Waals surface area contributed by atoms with Gasteiger partial charge in [-0.15, -0.1) is 5.10 Å². The summed E-state index contributed by atoms with van der Waals surface area (Å²) in [6, 6.07) is 15.4. The van der Waals surface area contributed by atoms with Gasteiger partial charge in [0.1, 0.15) is 11.0 Å². The third-order valence-electron chi connectivity index (χ3n) is 4.10. The zero-order valence-electron chi connectivity index (χ0n) is 14.7. The van der Waals surface area contributed by atoms with E-state index in [-0.39, 0.29) is 11.9 Å². The van der Waals surface area contributed by atoms with E-state index in [9.17, 15) is 4.79 Å². The van der Waals surface area contributed by atoms with E-state index < -0.39 is 6.10 Å². The summed E-state index contributed by atoms with van der Waals surface area (Å²) in [5, 5.41) is 11.4. The number of carbonyl (C=O) groups excluding carboxylic acids is 1. The van der Waals surface area contributed by atoms with E-state index in [0.717, 1.165) is 12.8 Å². The second-order valence-corrected chi connectivity index (χ2v) is 6.71. The van der Waals surface area contributed by atoms with Crippen LogP contribution in [0.1, 0.15) is 25.8 Å². The molecule has 6 nitrogen and oxygen atoms in total. The van der Waals surface area contributed by atoms with Crippen molar-refractivity contribution in [1.29, 1.82) is 0 Å². The van der Waals surface area contributed by atoms with Gasteiger partial charge in [0.25, 0.3) is 5.91 Å². The first-order chi connectivity index (χ1) is 12.5. The van der Waals surface area contributed by atoms with Crippen molar-refractivity contribution in [2.24, 2.45) is 0 Å². The summed E-state index contributed by atoms with van der Waals surface area (Å²) in [6.07, 6.45) is 1.05. The zero-order valence-corrected chi connectivity index (χ0v) is 15.5. The molecule has 2 aromatic carbocycles. The molecule has 1 N–H and O–H groups in total. The smallest absolute Gasteiger partial charge is 0.263 e. The molecule has 0 bridgehead atoms. The summed E-state index contributed by atoms with van der Waals surface area (Å²) in [4.78, 5) is 19.2. The van der Waals surface area contributed by atoms with Crippen LogP contribution < -0.4 is 10.2 Å². The number of halogens is 1. The molecular weight excluding hydrogens is 352 g/mol. The molecule has 0 saturated heterocycles. The van der Waals surface area contributed by atoms with Crippen LogP contribution in [0.5, 0.6) is 0 Å². The Morgan fingerprint density at radius 2 is 2.00 bits per heavy atom. The Labute approximate surface area is 157 Å². The molecule has 0 fully saturated rings. The molecule has 136 valence electrons. The van der Waals surface area contributed by atoms with E-state index in [0.29, 0.717) is 16.1 Å². The lowest BCUT2D eigenvalue weighted by molar-refractivity contribution is -0.133. The first-order valence-corrected chi connectivity index (χ1v) is 8.93. The average Bonchev–Trinajstić information content (AvgIpc) is 3.02. The summed E-state index contributed by atoms with van der Waals surface area (Å²) in [5.41, 5.74) is 2.52. The number of amides is 1. The molecule has 0 radical (unpaired) electrons. The highest BCUT2D eigenvalue weighted by molar-refractivity contribution is 6.31. The van der Waals surface area contributed by atoms with E-state index in [1.54, 1.807) is 25.1 Å². The summed E-state index contributed by atoms with van der Waals surface area (Å²) >= 11 is 6.00. The quantitative estimate of drug-likeness (QED) is 0.692. The van der Waals surface area contributed by atoms with Gasteiger partial charge in [0.15, 0.2) is 0 Å². The third-order valence-corrected chi connectivity index (χ3v) is 4.34. The molecule has 2 atom stereocenters. The Kier molecular flexibility index (Phi) is 5.73. The molecule has 0 spiro atoms. The van der Waals surface area contributed by atoms with Crippen LogP contribution in [-0.2, 0) is 11.2 Å². The Balaban J connectivity index is 1.54. The Hall–Kier alpha value is -2.60. The number of hydrogen-bond acceptors (Lipinski definition) is 4. The van der Waals surface area contributed by atoms with Gasteiger partial charge in [-0.2, -0.15) is 0 Å². The maximum absolute atomic E-state index is 12.4. The molecule has 3 rings (SSSR count). The third kappa shape index (κ3) is 4.52. The van der Waals surface area contributed by atoms with Gasteiger partial charge >= 0.3 is 0 Å². The molecule has 1 aromatic heterocycles. The fraction of sp³-hybridized carbons (Fsp3) is 0.316. The SMILES string of the molecule is C[C@H](On1nnc2ccc(Cl)cc21)C(=O)N[C@@H](C)CCc1ccccc1. The number of rotatable bonds is 7. The number of carbonyl (C=O) groups is 1. The normalized spacial score (nSPS) is 13.3. The topological polar surface area (TPSA) is 69.0 Å². The van der Waals surface area contributed by atoms with E-state index in [4.69, 9.17) is 16.4 Å². The van der Waals surface area contributed by atoms with Crippen molar-refractivity contribution in [3.8, 4) is 0 Å². The monoisotopic (exact) mass is 372 g/mol. The number of nitrogens with one attached hydrogen (secondary N) is 1. The first-order valence-electron chi connectivity index (χ1n) is 8.55. The molecule has 3 aromatic rings. The van der Waals surface area contributed by atoms with Gasteiger partial charge in [-0.1, -0.05) is 46.8 Å². The average molecular weight is 373 g/mol. The van der Waals surface area contributed by atoms with Crippen molar-refractivity contribution in [3.63, 3.8) is 0 Å². The van der Waals surface area contributed by atoms with Crippen molar-refractivity contribution in [1.82, 2.24) is 20.5 Å². The Morgan fingerprint density at radius 1 is 1.23 bits per heavy atom. The molecular formula is C19H21ClN4O2. The maximum Gasteiger partial charge on any atom is 0.263 e. The van der Waals surface area contributed by atoms with Gasteiger partial charge in [0.05, 0.1) is 0 Å². The van der Waals surface area contributed by atoms with Crippen LogP contribution in [0.15, 0.2) is 48.5 Å². The van der Waals surface area contributed by atoms with Crippen LogP contribution in [0.25, 0.3) is 11.0 Å². The highest BCUT2D eigenvalue weighted by Gasteiger charge is 2.19. The van der Waals surface area contributed by atoms with E-state index in [1.807, 2.05) is 25.1 Å². The van der Waals surface area contributed by atoms with E-state index in [1.165, 1.54) is 10.4 Å². The van der Waals surface area contributed by atoms with Crippen LogP contribution >= 0.6 is 11.6 Å². The molecule has 7 heteroatoms. The van der Waals surface area contributed by atoms with Crippen LogP contribution in [0.2, 0.25) is 5.02 Å². The minimum absolute atomic E-state index is 0.0377. The zero-order chi connectivity index (χ0) is 18.5. The van der Waals surface area contributed by atoms with Crippen LogP contribution in [-0.4, -0.2) is 33.2 Å². The summed E-state index contributed by atoms with van der Waals surface area (Å²) in [7, 11) is 0. The Morgan fingerprint density at radius 3 is 2.77 bits per heavy atom. The fourth-order valence-corrected chi connectivity index (χ4v) is 2.77. The summed E-state index contributed by atoms with van der Waals surface area (Å²) in [6.45, 7) is 3.66. The van der Waals surface area contributed by atoms with Crippen molar-refractivity contribution in [2.75, 3.05) is 0 Å². The van der Waals surface area contributed by atoms with Gasteiger partial charge in [-0.05, 0) is 55.7 Å². The molecule has 0 aliphatic carbocycles. The van der Waals surface area contributed by atoms with Crippen LogP contribution in [0.3, 0.4) is 0 Å². The summed E-state index contributed by atoms with van der Waals surface area (Å²) in [5.74, 6) is -0.198. The lowest BCUT2D eigenvalue weighted by Gasteiger charge is -2.18. The second kappa shape index (κ2) is 8.19. The van der Waals surface area contributed by atoms with E-state index in [2.05, 4.69) is 27.8 Å². The summed E-state index contributed by atoms with van der Waals surface area (Å²) < 4.78 is 0. The molecule has 0 unspecified atom stereocenters. The standard InChI is InChI=1S/C19H21ClN4O2/c1-13(8-9-15-6-4-3-5-7-15)21-19(25)14(2)26-24-18-12-16(20)10-11-17(18)22-23-24/h3-7,10-14H,8-9H2,1-2H3,(H,21,25)/t13-,14-/m0/s1. The van der Waals surface area contributed by atoms with Gasteiger partial charge in [0.2, 0.25) is 6.10 Å². The molecule has 0 saturated carbocycles. The van der Waals surface area contributed by atoms with Gasteiger partial charge < -0.3 is 10.2 Å². The van der Waals surface area contributed by atoms with Gasteiger partial charge in [0, 0.05) is 11.1 Å².